The number of hydrogen-bond acceptors (Lipinski definition) is 2. The minimum Gasteiger partial charge on any atom is -0.304 e. The molecule has 2 aliphatic rings. The molecule has 5 rings (SSSR count). The van der Waals surface area contributed by atoms with E-state index in [0.29, 0.717) is 5.92 Å². The van der Waals surface area contributed by atoms with E-state index in [2.05, 4.69) is 21.6 Å². The van der Waals surface area contributed by atoms with E-state index in [-0.39, 0.29) is 23.6 Å². The smallest absolute Gasteiger partial charge is 0.304 e. The van der Waals surface area contributed by atoms with Crippen molar-refractivity contribution in [1.82, 2.24) is 10.2 Å². The zero-order valence-electron chi connectivity index (χ0n) is 19.0. The molecule has 1 radical (unpaired) electrons. The van der Waals surface area contributed by atoms with Crippen LogP contribution in [-0.4, -0.2) is 30.6 Å². The van der Waals surface area contributed by atoms with Crippen molar-refractivity contribution in [2.75, 3.05) is 25.0 Å². The van der Waals surface area contributed by atoms with E-state index in [9.17, 15) is 13.6 Å². The van der Waals surface area contributed by atoms with Gasteiger partial charge in [-0.3, -0.25) is 0 Å². The van der Waals surface area contributed by atoms with Crippen molar-refractivity contribution in [2.24, 2.45) is 0 Å². The van der Waals surface area contributed by atoms with Crippen LogP contribution in [0.3, 0.4) is 0 Å². The van der Waals surface area contributed by atoms with Gasteiger partial charge in [-0.25, -0.2) is 13.6 Å². The highest BCUT2D eigenvalue weighted by Gasteiger charge is 2.24. The van der Waals surface area contributed by atoms with Gasteiger partial charge >= 0.3 is 6.03 Å². The topological polar surface area (TPSA) is 46.4 Å². The molecule has 0 spiro atoms. The number of piperidine rings is 1. The molecule has 34 heavy (non-hydrogen) atoms. The Labute approximate surface area is 199 Å². The maximum absolute atomic E-state index is 13.5. The van der Waals surface area contributed by atoms with Crippen LogP contribution in [-0.2, 0) is 0 Å². The molecule has 1 saturated heterocycles. The second kappa shape index (κ2) is 9.94. The van der Waals surface area contributed by atoms with Crippen LogP contribution in [0.1, 0.15) is 54.2 Å². The SMILES string of the molecule is O=C1[N]c2cc(C3CCN(CCCC(c4ccc(F)cc4)c4ccc(F)cc4)CC3)ccc2N1. The van der Waals surface area contributed by atoms with Crippen LogP contribution in [0.5, 0.6) is 0 Å². The Morgan fingerprint density at radius 2 is 1.53 bits per heavy atom. The summed E-state index contributed by atoms with van der Waals surface area (Å²) in [5, 5.41) is 6.78. The molecular formula is C28H28F2N3O. The molecular weight excluding hydrogens is 432 g/mol. The van der Waals surface area contributed by atoms with Gasteiger partial charge in [-0.2, -0.15) is 5.32 Å². The summed E-state index contributed by atoms with van der Waals surface area (Å²) in [7, 11) is 0. The van der Waals surface area contributed by atoms with Crippen LogP contribution in [0.15, 0.2) is 66.7 Å². The number of fused-ring (bicyclic) bond motifs is 1. The third-order valence-electron chi connectivity index (χ3n) is 7.06. The lowest BCUT2D eigenvalue weighted by atomic mass is 9.86. The van der Waals surface area contributed by atoms with Crippen molar-refractivity contribution in [1.29, 1.82) is 0 Å². The van der Waals surface area contributed by atoms with Gasteiger partial charge in [0, 0.05) is 5.92 Å². The lowest BCUT2D eigenvalue weighted by Crippen LogP contribution is -2.33. The Balaban J connectivity index is 1.16. The number of halogens is 2. The van der Waals surface area contributed by atoms with Gasteiger partial charge in [-0.15, -0.1) is 0 Å². The molecule has 1 fully saturated rings. The molecule has 0 saturated carbocycles. The van der Waals surface area contributed by atoms with Gasteiger partial charge < -0.3 is 10.2 Å². The number of carbonyl (C=O) groups is 1. The Kier molecular flexibility index (Phi) is 6.59. The number of anilines is 1. The minimum absolute atomic E-state index is 0.116. The average molecular weight is 461 g/mol. The van der Waals surface area contributed by atoms with Crippen molar-refractivity contribution in [3.8, 4) is 0 Å². The molecule has 175 valence electrons. The first-order valence-electron chi connectivity index (χ1n) is 11.9. The van der Waals surface area contributed by atoms with Crippen LogP contribution in [0.25, 0.3) is 0 Å². The number of urea groups is 1. The third-order valence-corrected chi connectivity index (χ3v) is 7.06. The van der Waals surface area contributed by atoms with E-state index < -0.39 is 0 Å². The first kappa shape index (κ1) is 22.5. The summed E-state index contributed by atoms with van der Waals surface area (Å²) in [5.41, 5.74) is 4.91. The molecule has 0 atom stereocenters. The molecule has 0 unspecified atom stereocenters. The van der Waals surface area contributed by atoms with Gasteiger partial charge in [0.2, 0.25) is 0 Å². The molecule has 4 nitrogen and oxygen atoms in total. The number of nitrogens with zero attached hydrogens (tertiary/aromatic N) is 2. The highest BCUT2D eigenvalue weighted by molar-refractivity contribution is 6.02. The van der Waals surface area contributed by atoms with Crippen LogP contribution in [0.2, 0.25) is 0 Å². The molecule has 0 bridgehead atoms. The number of hydrogen-bond donors (Lipinski definition) is 1. The molecule has 6 heteroatoms. The second-order valence-corrected chi connectivity index (χ2v) is 9.23. The number of likely N-dealkylation sites (tertiary alicyclic amines) is 1. The molecule has 2 amide bonds. The second-order valence-electron chi connectivity index (χ2n) is 9.23. The van der Waals surface area contributed by atoms with Crippen molar-refractivity contribution in [3.63, 3.8) is 0 Å². The van der Waals surface area contributed by atoms with Crippen molar-refractivity contribution in [2.45, 2.75) is 37.5 Å². The molecule has 0 aromatic heterocycles. The quantitative estimate of drug-likeness (QED) is 0.435. The fraction of sp³-hybridized carbons (Fsp3) is 0.321. The Morgan fingerprint density at radius 1 is 0.912 bits per heavy atom. The lowest BCUT2D eigenvalue weighted by molar-refractivity contribution is 0.208. The van der Waals surface area contributed by atoms with Crippen LogP contribution >= 0.6 is 0 Å². The molecule has 2 aliphatic heterocycles. The first-order chi connectivity index (χ1) is 16.5. The van der Waals surface area contributed by atoms with Crippen LogP contribution in [0, 0.1) is 11.6 Å². The maximum Gasteiger partial charge on any atom is 0.346 e. The van der Waals surface area contributed by atoms with Gasteiger partial charge in [0.15, 0.2) is 0 Å². The fourth-order valence-electron chi connectivity index (χ4n) is 5.18. The molecule has 0 aliphatic carbocycles. The maximum atomic E-state index is 13.5. The first-order valence-corrected chi connectivity index (χ1v) is 11.9. The number of nitrogens with one attached hydrogen (secondary N) is 1. The highest BCUT2D eigenvalue weighted by atomic mass is 19.1. The molecule has 1 N–H and O–H groups in total. The Morgan fingerprint density at radius 3 is 2.15 bits per heavy atom. The van der Waals surface area contributed by atoms with Gasteiger partial charge in [-0.05, 0) is 104 Å². The summed E-state index contributed by atoms with van der Waals surface area (Å²) in [5.74, 6) is 0.109. The summed E-state index contributed by atoms with van der Waals surface area (Å²) in [6.07, 6.45) is 4.10. The van der Waals surface area contributed by atoms with Gasteiger partial charge in [0.05, 0.1) is 11.4 Å². The lowest BCUT2D eigenvalue weighted by Gasteiger charge is -2.32. The van der Waals surface area contributed by atoms with Gasteiger partial charge in [0.1, 0.15) is 11.6 Å². The summed E-state index contributed by atoms with van der Waals surface area (Å²) < 4.78 is 26.9. The Hall–Kier alpha value is -3.25. The number of benzene rings is 3. The molecule has 2 heterocycles. The van der Waals surface area contributed by atoms with Gasteiger partial charge in [0.25, 0.3) is 0 Å². The number of carbonyl (C=O) groups excluding carboxylic acids is 1. The zero-order valence-corrected chi connectivity index (χ0v) is 19.0. The summed E-state index contributed by atoms with van der Waals surface area (Å²) >= 11 is 0. The monoisotopic (exact) mass is 460 g/mol. The molecule has 3 aromatic rings. The Bertz CT molecular complexity index is 1090. The molecule has 3 aromatic carbocycles. The van der Waals surface area contributed by atoms with Crippen molar-refractivity contribution in [3.05, 3.63) is 95.1 Å². The van der Waals surface area contributed by atoms with E-state index in [1.54, 1.807) is 0 Å². The number of amides is 2. The summed E-state index contributed by atoms with van der Waals surface area (Å²) in [4.78, 5) is 14.0. The van der Waals surface area contributed by atoms with Gasteiger partial charge in [-0.1, -0.05) is 30.3 Å². The number of rotatable bonds is 7. The summed E-state index contributed by atoms with van der Waals surface area (Å²) in [6, 6.07) is 19.1. The zero-order chi connectivity index (χ0) is 23.5. The van der Waals surface area contributed by atoms with E-state index in [0.717, 1.165) is 67.8 Å². The van der Waals surface area contributed by atoms with E-state index in [4.69, 9.17) is 0 Å². The average Bonchev–Trinajstić information content (AvgIpc) is 3.23. The normalized spacial score (nSPS) is 16.4. The highest BCUT2D eigenvalue weighted by Crippen LogP contribution is 2.35. The largest absolute Gasteiger partial charge is 0.346 e. The van der Waals surface area contributed by atoms with Crippen LogP contribution in [0.4, 0.5) is 25.0 Å². The van der Waals surface area contributed by atoms with Crippen molar-refractivity contribution >= 4 is 17.4 Å². The third kappa shape index (κ3) is 5.12. The standard InChI is InChI=1S/C28H28F2N3O/c29-23-8-3-20(4-9-23)25(21-5-10-24(30)11-6-21)2-1-15-33-16-13-19(14-17-33)22-7-12-26-27(18-22)32-28(34)31-26/h3-12,18-19,25H,1-2,13-17H2,(H,31,34). The van der Waals surface area contributed by atoms with E-state index in [1.165, 1.54) is 29.8 Å². The van der Waals surface area contributed by atoms with E-state index >= 15 is 0 Å². The predicted molar refractivity (Wildman–Crippen MR) is 130 cm³/mol. The minimum atomic E-state index is -0.290. The fourth-order valence-corrected chi connectivity index (χ4v) is 5.18. The van der Waals surface area contributed by atoms with Crippen molar-refractivity contribution < 1.29 is 13.6 Å². The summed E-state index contributed by atoms with van der Waals surface area (Å²) in [6.45, 7) is 3.07. The van der Waals surface area contributed by atoms with Crippen LogP contribution < -0.4 is 10.6 Å². The predicted octanol–water partition coefficient (Wildman–Crippen LogP) is 6.54. The van der Waals surface area contributed by atoms with E-state index in [1.807, 2.05) is 36.4 Å².